The highest BCUT2D eigenvalue weighted by molar-refractivity contribution is 5.29. The van der Waals surface area contributed by atoms with Crippen LogP contribution in [0.2, 0.25) is 0 Å². The summed E-state index contributed by atoms with van der Waals surface area (Å²) in [7, 11) is 0. The summed E-state index contributed by atoms with van der Waals surface area (Å²) in [4.78, 5) is 0. The SMILES string of the molecule is Cc1ccc(F)c(OCCC(CO)NC(C)C)c1. The standard InChI is InChI=1S/C14H22FNO2/c1-10(2)16-12(9-17)6-7-18-14-8-11(3)4-5-13(14)15/h4-5,8,10,12,16-17H,6-7,9H2,1-3H3. The first-order valence-electron chi connectivity index (χ1n) is 6.28. The summed E-state index contributed by atoms with van der Waals surface area (Å²) in [5, 5.41) is 12.4. The Kier molecular flexibility index (Phi) is 6.09. The second kappa shape index (κ2) is 7.34. The molecule has 1 atom stereocenters. The van der Waals surface area contributed by atoms with Crippen LogP contribution >= 0.6 is 0 Å². The molecule has 0 aromatic heterocycles. The van der Waals surface area contributed by atoms with Crippen molar-refractivity contribution < 1.29 is 14.2 Å². The van der Waals surface area contributed by atoms with Gasteiger partial charge in [-0.15, -0.1) is 0 Å². The van der Waals surface area contributed by atoms with E-state index in [4.69, 9.17) is 4.74 Å². The van der Waals surface area contributed by atoms with E-state index in [0.29, 0.717) is 19.1 Å². The Bertz CT molecular complexity index is 369. The molecule has 1 unspecified atom stereocenters. The highest BCUT2D eigenvalue weighted by Crippen LogP contribution is 2.18. The van der Waals surface area contributed by atoms with Crippen LogP contribution in [0.25, 0.3) is 0 Å². The fourth-order valence-corrected chi connectivity index (χ4v) is 1.73. The van der Waals surface area contributed by atoms with Crippen molar-refractivity contribution in [2.45, 2.75) is 39.3 Å². The quantitative estimate of drug-likeness (QED) is 0.785. The third-order valence-electron chi connectivity index (χ3n) is 2.60. The van der Waals surface area contributed by atoms with Crippen molar-refractivity contribution in [2.75, 3.05) is 13.2 Å². The van der Waals surface area contributed by atoms with Crippen LogP contribution in [0.15, 0.2) is 18.2 Å². The minimum Gasteiger partial charge on any atom is -0.490 e. The molecule has 0 aliphatic carbocycles. The first-order valence-corrected chi connectivity index (χ1v) is 6.28. The maximum Gasteiger partial charge on any atom is 0.165 e. The van der Waals surface area contributed by atoms with Crippen LogP contribution in [0.3, 0.4) is 0 Å². The summed E-state index contributed by atoms with van der Waals surface area (Å²) in [5.74, 6) is -0.0748. The Hall–Kier alpha value is -1.13. The lowest BCUT2D eigenvalue weighted by atomic mass is 10.2. The number of aryl methyl sites for hydroxylation is 1. The predicted octanol–water partition coefficient (Wildman–Crippen LogP) is 2.26. The summed E-state index contributed by atoms with van der Waals surface area (Å²) < 4.78 is 18.8. The van der Waals surface area contributed by atoms with E-state index in [0.717, 1.165) is 5.56 Å². The summed E-state index contributed by atoms with van der Waals surface area (Å²) in [6.45, 7) is 6.36. The number of rotatable bonds is 7. The van der Waals surface area contributed by atoms with E-state index in [2.05, 4.69) is 5.32 Å². The summed E-state index contributed by atoms with van der Waals surface area (Å²) >= 11 is 0. The van der Waals surface area contributed by atoms with Crippen LogP contribution in [0.1, 0.15) is 25.8 Å². The van der Waals surface area contributed by atoms with Gasteiger partial charge < -0.3 is 15.2 Å². The van der Waals surface area contributed by atoms with E-state index >= 15 is 0 Å². The highest BCUT2D eigenvalue weighted by atomic mass is 19.1. The van der Waals surface area contributed by atoms with Gasteiger partial charge in [-0.2, -0.15) is 0 Å². The molecule has 0 bridgehead atoms. The van der Waals surface area contributed by atoms with Gasteiger partial charge in [-0.3, -0.25) is 0 Å². The molecule has 18 heavy (non-hydrogen) atoms. The fraction of sp³-hybridized carbons (Fsp3) is 0.571. The lowest BCUT2D eigenvalue weighted by molar-refractivity contribution is 0.200. The van der Waals surface area contributed by atoms with Crippen molar-refractivity contribution in [3.63, 3.8) is 0 Å². The number of nitrogens with one attached hydrogen (secondary N) is 1. The molecule has 0 saturated carbocycles. The molecule has 4 heteroatoms. The molecule has 2 N–H and O–H groups in total. The maximum atomic E-state index is 13.4. The van der Waals surface area contributed by atoms with Crippen molar-refractivity contribution in [3.8, 4) is 5.75 Å². The number of ether oxygens (including phenoxy) is 1. The summed E-state index contributed by atoms with van der Waals surface area (Å²) in [6, 6.07) is 5.08. The molecule has 0 heterocycles. The summed E-state index contributed by atoms with van der Waals surface area (Å²) in [6.07, 6.45) is 0.641. The van der Waals surface area contributed by atoms with E-state index in [-0.39, 0.29) is 24.2 Å². The lowest BCUT2D eigenvalue weighted by Gasteiger charge is -2.19. The van der Waals surface area contributed by atoms with Crippen LogP contribution in [0, 0.1) is 12.7 Å². The van der Waals surface area contributed by atoms with Gasteiger partial charge in [0.25, 0.3) is 0 Å². The number of aliphatic hydroxyl groups excluding tert-OH is 1. The average molecular weight is 255 g/mol. The van der Waals surface area contributed by atoms with E-state index in [9.17, 15) is 9.50 Å². The molecule has 1 aromatic carbocycles. The van der Waals surface area contributed by atoms with Gasteiger partial charge >= 0.3 is 0 Å². The van der Waals surface area contributed by atoms with Gasteiger partial charge in [0, 0.05) is 12.1 Å². The molecule has 0 saturated heterocycles. The van der Waals surface area contributed by atoms with Gasteiger partial charge in [-0.25, -0.2) is 4.39 Å². The number of halogens is 1. The first-order chi connectivity index (χ1) is 8.52. The zero-order chi connectivity index (χ0) is 13.5. The molecule has 0 spiro atoms. The van der Waals surface area contributed by atoms with Crippen molar-refractivity contribution in [3.05, 3.63) is 29.6 Å². The number of hydrogen-bond acceptors (Lipinski definition) is 3. The molecule has 1 aromatic rings. The number of hydrogen-bond donors (Lipinski definition) is 2. The smallest absolute Gasteiger partial charge is 0.165 e. The van der Waals surface area contributed by atoms with Gasteiger partial charge in [-0.1, -0.05) is 19.9 Å². The van der Waals surface area contributed by atoms with E-state index in [1.54, 1.807) is 12.1 Å². The normalized spacial score (nSPS) is 12.8. The van der Waals surface area contributed by atoms with Crippen molar-refractivity contribution >= 4 is 0 Å². The largest absolute Gasteiger partial charge is 0.490 e. The molecule has 0 fully saturated rings. The Balaban J connectivity index is 2.42. The molecule has 3 nitrogen and oxygen atoms in total. The van der Waals surface area contributed by atoms with Crippen LogP contribution < -0.4 is 10.1 Å². The Morgan fingerprint density at radius 2 is 2.11 bits per heavy atom. The predicted molar refractivity (Wildman–Crippen MR) is 70.4 cm³/mol. The van der Waals surface area contributed by atoms with Gasteiger partial charge in [0.2, 0.25) is 0 Å². The van der Waals surface area contributed by atoms with Crippen molar-refractivity contribution in [2.24, 2.45) is 0 Å². The molecule has 0 radical (unpaired) electrons. The second-order valence-corrected chi connectivity index (χ2v) is 4.77. The first kappa shape index (κ1) is 14.9. The average Bonchev–Trinajstić information content (AvgIpc) is 2.31. The van der Waals surface area contributed by atoms with Crippen LogP contribution in [-0.4, -0.2) is 30.4 Å². The molecule has 0 aliphatic rings. The van der Waals surface area contributed by atoms with E-state index < -0.39 is 0 Å². The molecular weight excluding hydrogens is 233 g/mol. The minimum absolute atomic E-state index is 0.0159. The van der Waals surface area contributed by atoms with E-state index in [1.165, 1.54) is 6.07 Å². The topological polar surface area (TPSA) is 41.5 Å². The molecular formula is C14H22FNO2. The van der Waals surface area contributed by atoms with Gasteiger partial charge in [0.05, 0.1) is 13.2 Å². The second-order valence-electron chi connectivity index (χ2n) is 4.77. The van der Waals surface area contributed by atoms with Crippen LogP contribution in [0.4, 0.5) is 4.39 Å². The highest BCUT2D eigenvalue weighted by Gasteiger charge is 2.09. The Morgan fingerprint density at radius 3 is 2.72 bits per heavy atom. The van der Waals surface area contributed by atoms with Crippen LogP contribution in [0.5, 0.6) is 5.75 Å². The Morgan fingerprint density at radius 1 is 1.39 bits per heavy atom. The Labute approximate surface area is 108 Å². The van der Waals surface area contributed by atoms with Crippen molar-refractivity contribution in [1.29, 1.82) is 0 Å². The van der Waals surface area contributed by atoms with Gasteiger partial charge in [-0.05, 0) is 31.0 Å². The minimum atomic E-state index is -0.349. The van der Waals surface area contributed by atoms with Crippen molar-refractivity contribution in [1.82, 2.24) is 5.32 Å². The third-order valence-corrected chi connectivity index (χ3v) is 2.60. The molecule has 102 valence electrons. The van der Waals surface area contributed by atoms with Gasteiger partial charge in [0.1, 0.15) is 0 Å². The zero-order valence-electron chi connectivity index (χ0n) is 11.2. The third kappa shape index (κ3) is 5.02. The lowest BCUT2D eigenvalue weighted by Crippen LogP contribution is -2.38. The number of benzene rings is 1. The number of aliphatic hydroxyl groups is 1. The molecule has 1 rings (SSSR count). The molecule has 0 aliphatic heterocycles. The summed E-state index contributed by atoms with van der Waals surface area (Å²) in [5.41, 5.74) is 0.963. The van der Waals surface area contributed by atoms with Gasteiger partial charge in [0.15, 0.2) is 11.6 Å². The zero-order valence-corrected chi connectivity index (χ0v) is 11.2. The van der Waals surface area contributed by atoms with Crippen LogP contribution in [-0.2, 0) is 0 Å². The maximum absolute atomic E-state index is 13.4. The fourth-order valence-electron chi connectivity index (χ4n) is 1.73. The molecule has 0 amide bonds. The monoisotopic (exact) mass is 255 g/mol. The van der Waals surface area contributed by atoms with E-state index in [1.807, 2.05) is 20.8 Å².